The van der Waals surface area contributed by atoms with E-state index in [4.69, 9.17) is 23.7 Å². The third kappa shape index (κ3) is 5.81. The molecule has 0 aliphatic rings. The van der Waals surface area contributed by atoms with Crippen molar-refractivity contribution in [3.05, 3.63) is 65.2 Å². The van der Waals surface area contributed by atoms with Crippen molar-refractivity contribution in [3.8, 4) is 28.7 Å². The second-order valence-electron chi connectivity index (χ2n) is 7.51. The SMILES string of the molecule is COc1cc(/C=C\c2cc(OC)c(OC)c(OC)c2)cc(NS(=O)(=O)c2ccc(C)cc2)c1OC. The molecule has 3 aromatic rings. The van der Waals surface area contributed by atoms with Crippen LogP contribution >= 0.6 is 0 Å². The average Bonchev–Trinajstić information content (AvgIpc) is 2.86. The molecular weight excluding hydrogens is 470 g/mol. The van der Waals surface area contributed by atoms with Gasteiger partial charge in [0.05, 0.1) is 46.1 Å². The van der Waals surface area contributed by atoms with Crippen LogP contribution in [0, 0.1) is 6.92 Å². The van der Waals surface area contributed by atoms with E-state index in [1.165, 1.54) is 14.2 Å². The van der Waals surface area contributed by atoms with Crippen molar-refractivity contribution in [2.75, 3.05) is 40.3 Å². The first-order valence-electron chi connectivity index (χ1n) is 10.6. The number of aryl methyl sites for hydroxylation is 1. The van der Waals surface area contributed by atoms with Crippen molar-refractivity contribution >= 4 is 27.9 Å². The molecule has 0 fully saturated rings. The highest BCUT2D eigenvalue weighted by Gasteiger charge is 2.20. The third-order valence-corrected chi connectivity index (χ3v) is 6.61. The molecule has 9 heteroatoms. The van der Waals surface area contributed by atoms with Crippen molar-refractivity contribution in [1.29, 1.82) is 0 Å². The van der Waals surface area contributed by atoms with Crippen LogP contribution in [-0.4, -0.2) is 44.0 Å². The summed E-state index contributed by atoms with van der Waals surface area (Å²) in [6.07, 6.45) is 3.65. The maximum absolute atomic E-state index is 13.0. The van der Waals surface area contributed by atoms with E-state index < -0.39 is 10.0 Å². The highest BCUT2D eigenvalue weighted by molar-refractivity contribution is 7.92. The number of anilines is 1. The molecule has 0 atom stereocenters. The summed E-state index contributed by atoms with van der Waals surface area (Å²) in [6.45, 7) is 1.89. The largest absolute Gasteiger partial charge is 0.493 e. The van der Waals surface area contributed by atoms with E-state index in [0.29, 0.717) is 28.6 Å². The van der Waals surface area contributed by atoms with Gasteiger partial charge in [-0.2, -0.15) is 0 Å². The molecule has 0 heterocycles. The van der Waals surface area contributed by atoms with Gasteiger partial charge in [-0.05, 0) is 54.4 Å². The summed E-state index contributed by atoms with van der Waals surface area (Å²) in [5.74, 6) is 2.18. The maximum Gasteiger partial charge on any atom is 0.262 e. The highest BCUT2D eigenvalue weighted by Crippen LogP contribution is 2.40. The average molecular weight is 500 g/mol. The quantitative estimate of drug-likeness (QED) is 0.392. The molecule has 0 spiro atoms. The lowest BCUT2D eigenvalue weighted by Gasteiger charge is -2.16. The first-order valence-corrected chi connectivity index (χ1v) is 12.1. The van der Waals surface area contributed by atoms with Crippen LogP contribution in [0.4, 0.5) is 5.69 Å². The van der Waals surface area contributed by atoms with Crippen molar-refractivity contribution < 1.29 is 32.1 Å². The van der Waals surface area contributed by atoms with Crippen LogP contribution in [0.1, 0.15) is 16.7 Å². The van der Waals surface area contributed by atoms with E-state index >= 15 is 0 Å². The molecule has 0 aliphatic carbocycles. The Hall–Kier alpha value is -3.85. The molecule has 1 N–H and O–H groups in total. The van der Waals surface area contributed by atoms with Gasteiger partial charge in [0.15, 0.2) is 23.0 Å². The number of hydrogen-bond donors (Lipinski definition) is 1. The molecule has 0 bridgehead atoms. The Morgan fingerprint density at radius 1 is 0.657 bits per heavy atom. The fraction of sp³-hybridized carbons (Fsp3) is 0.231. The van der Waals surface area contributed by atoms with E-state index in [-0.39, 0.29) is 16.3 Å². The number of rotatable bonds is 10. The monoisotopic (exact) mass is 499 g/mol. The second kappa shape index (κ2) is 11.1. The van der Waals surface area contributed by atoms with Gasteiger partial charge in [0, 0.05) is 0 Å². The summed E-state index contributed by atoms with van der Waals surface area (Å²) in [7, 11) is 3.72. The summed E-state index contributed by atoms with van der Waals surface area (Å²) in [4.78, 5) is 0.141. The Labute approximate surface area is 206 Å². The molecule has 35 heavy (non-hydrogen) atoms. The zero-order valence-corrected chi connectivity index (χ0v) is 21.4. The summed E-state index contributed by atoms with van der Waals surface area (Å²) >= 11 is 0. The molecule has 0 radical (unpaired) electrons. The number of methoxy groups -OCH3 is 5. The predicted octanol–water partition coefficient (Wildman–Crippen LogP) is 5.01. The van der Waals surface area contributed by atoms with Gasteiger partial charge < -0.3 is 23.7 Å². The van der Waals surface area contributed by atoms with Gasteiger partial charge in [-0.15, -0.1) is 0 Å². The number of hydrogen-bond acceptors (Lipinski definition) is 7. The lowest BCUT2D eigenvalue weighted by atomic mass is 10.1. The minimum atomic E-state index is -3.85. The van der Waals surface area contributed by atoms with Gasteiger partial charge >= 0.3 is 0 Å². The number of nitrogens with one attached hydrogen (secondary N) is 1. The third-order valence-electron chi connectivity index (χ3n) is 5.23. The van der Waals surface area contributed by atoms with Gasteiger partial charge in [-0.3, -0.25) is 4.72 Å². The van der Waals surface area contributed by atoms with Gasteiger partial charge in [0.2, 0.25) is 5.75 Å². The normalized spacial score (nSPS) is 11.3. The van der Waals surface area contributed by atoms with E-state index in [1.807, 2.05) is 19.1 Å². The Morgan fingerprint density at radius 2 is 1.11 bits per heavy atom. The second-order valence-corrected chi connectivity index (χ2v) is 9.20. The molecular formula is C26H29NO7S. The van der Waals surface area contributed by atoms with Crippen LogP contribution in [0.5, 0.6) is 28.7 Å². The van der Waals surface area contributed by atoms with E-state index in [9.17, 15) is 8.42 Å². The van der Waals surface area contributed by atoms with Crippen LogP contribution < -0.4 is 28.4 Å². The number of sulfonamides is 1. The standard InChI is InChI=1S/C26H29NO7S/c1-17-7-11-20(12-8-17)35(28,29)27-21-13-18(14-22(30-2)25(21)33-5)9-10-19-15-23(31-3)26(34-6)24(16-19)32-4/h7-16,27H,1-6H3/b10-9-. The maximum atomic E-state index is 13.0. The van der Waals surface area contributed by atoms with Gasteiger partial charge in [-0.1, -0.05) is 29.8 Å². The summed E-state index contributed by atoms with van der Waals surface area (Å²) in [5.41, 5.74) is 2.67. The molecule has 3 rings (SSSR count). The highest BCUT2D eigenvalue weighted by atomic mass is 32.2. The minimum absolute atomic E-state index is 0.141. The minimum Gasteiger partial charge on any atom is -0.493 e. The summed E-state index contributed by atoms with van der Waals surface area (Å²) in [5, 5.41) is 0. The van der Waals surface area contributed by atoms with Crippen LogP contribution in [0.15, 0.2) is 53.4 Å². The molecule has 0 amide bonds. The van der Waals surface area contributed by atoms with Gasteiger partial charge in [0.1, 0.15) is 0 Å². The Kier molecular flexibility index (Phi) is 8.14. The topological polar surface area (TPSA) is 92.3 Å². The van der Waals surface area contributed by atoms with Crippen molar-refractivity contribution in [3.63, 3.8) is 0 Å². The Bertz CT molecular complexity index is 1290. The van der Waals surface area contributed by atoms with Gasteiger partial charge in [0.25, 0.3) is 10.0 Å². The summed E-state index contributed by atoms with van der Waals surface area (Å²) < 4.78 is 55.7. The Balaban J connectivity index is 2.02. The van der Waals surface area contributed by atoms with Crippen molar-refractivity contribution in [2.24, 2.45) is 0 Å². The van der Waals surface area contributed by atoms with Crippen LogP contribution in [0.3, 0.4) is 0 Å². The fourth-order valence-electron chi connectivity index (χ4n) is 3.47. The van der Waals surface area contributed by atoms with E-state index in [2.05, 4.69) is 4.72 Å². The lowest BCUT2D eigenvalue weighted by molar-refractivity contribution is 0.324. The van der Waals surface area contributed by atoms with Crippen molar-refractivity contribution in [1.82, 2.24) is 0 Å². The molecule has 0 aromatic heterocycles. The number of ether oxygens (including phenoxy) is 5. The molecule has 186 valence electrons. The molecule has 8 nitrogen and oxygen atoms in total. The van der Waals surface area contributed by atoms with Crippen molar-refractivity contribution in [2.45, 2.75) is 11.8 Å². The zero-order chi connectivity index (χ0) is 25.6. The lowest BCUT2D eigenvalue weighted by Crippen LogP contribution is -2.14. The summed E-state index contributed by atoms with van der Waals surface area (Å²) in [6, 6.07) is 13.6. The zero-order valence-electron chi connectivity index (χ0n) is 20.5. The molecule has 0 saturated carbocycles. The predicted molar refractivity (Wildman–Crippen MR) is 137 cm³/mol. The fourth-order valence-corrected chi connectivity index (χ4v) is 4.52. The first-order chi connectivity index (χ1) is 16.8. The molecule has 0 saturated heterocycles. The Morgan fingerprint density at radius 3 is 1.57 bits per heavy atom. The smallest absolute Gasteiger partial charge is 0.262 e. The number of benzene rings is 3. The van der Waals surface area contributed by atoms with Crippen LogP contribution in [-0.2, 0) is 10.0 Å². The van der Waals surface area contributed by atoms with E-state index in [0.717, 1.165) is 11.1 Å². The van der Waals surface area contributed by atoms with E-state index in [1.54, 1.807) is 69.9 Å². The molecule has 0 aliphatic heterocycles. The van der Waals surface area contributed by atoms with Gasteiger partial charge in [-0.25, -0.2) is 8.42 Å². The van der Waals surface area contributed by atoms with Crippen LogP contribution in [0.25, 0.3) is 12.2 Å². The van der Waals surface area contributed by atoms with Crippen LogP contribution in [0.2, 0.25) is 0 Å². The molecule has 0 unspecified atom stereocenters. The molecule has 3 aromatic carbocycles. The first kappa shape index (κ1) is 25.8.